The lowest BCUT2D eigenvalue weighted by Crippen LogP contribution is -2.20. The summed E-state index contributed by atoms with van der Waals surface area (Å²) in [5.74, 6) is 2.20. The topological polar surface area (TPSA) is 40.9 Å². The number of thioether (sulfide) groups is 1. The number of hydrogen-bond donors (Lipinski definition) is 0. The van der Waals surface area contributed by atoms with Crippen molar-refractivity contribution in [2.75, 3.05) is 11.5 Å². The van der Waals surface area contributed by atoms with Gasteiger partial charge < -0.3 is 0 Å². The van der Waals surface area contributed by atoms with Crippen LogP contribution < -0.4 is 0 Å². The van der Waals surface area contributed by atoms with Crippen molar-refractivity contribution in [3.63, 3.8) is 0 Å². The van der Waals surface area contributed by atoms with Gasteiger partial charge in [0, 0.05) is 17.9 Å². The zero-order valence-corrected chi connectivity index (χ0v) is 9.09. The van der Waals surface area contributed by atoms with Gasteiger partial charge in [0.2, 0.25) is 0 Å². The highest BCUT2D eigenvalue weighted by molar-refractivity contribution is 7.99. The highest BCUT2D eigenvalue weighted by Crippen LogP contribution is 2.28. The maximum atomic E-state index is 11.7. The summed E-state index contributed by atoms with van der Waals surface area (Å²) in [6.45, 7) is 0. The van der Waals surface area contributed by atoms with Crippen LogP contribution in [0.15, 0.2) is 24.3 Å². The summed E-state index contributed by atoms with van der Waals surface area (Å²) >= 11 is 1.83. The number of carbonyl (C=O) groups is 1. The summed E-state index contributed by atoms with van der Waals surface area (Å²) in [5.41, 5.74) is 1.70. The van der Waals surface area contributed by atoms with E-state index in [1.807, 2.05) is 23.9 Å². The number of nitrogens with zero attached hydrogens (tertiary/aromatic N) is 1. The van der Waals surface area contributed by atoms with Gasteiger partial charge in [-0.3, -0.25) is 4.79 Å². The minimum Gasteiger partial charge on any atom is -0.299 e. The molecule has 1 fully saturated rings. The molecule has 1 aliphatic rings. The molecule has 15 heavy (non-hydrogen) atoms. The third-order valence-corrected chi connectivity index (χ3v) is 3.67. The molecule has 1 aliphatic heterocycles. The van der Waals surface area contributed by atoms with Crippen LogP contribution in [0.2, 0.25) is 0 Å². The van der Waals surface area contributed by atoms with E-state index in [2.05, 4.69) is 6.07 Å². The van der Waals surface area contributed by atoms with E-state index in [-0.39, 0.29) is 5.92 Å². The Balaban J connectivity index is 2.21. The number of ketones is 1. The predicted molar refractivity (Wildman–Crippen MR) is 60.8 cm³/mol. The van der Waals surface area contributed by atoms with E-state index in [0.29, 0.717) is 17.8 Å². The van der Waals surface area contributed by atoms with Gasteiger partial charge in [-0.1, -0.05) is 12.1 Å². The van der Waals surface area contributed by atoms with Crippen LogP contribution in [0.1, 0.15) is 23.5 Å². The molecule has 0 bridgehead atoms. The van der Waals surface area contributed by atoms with Gasteiger partial charge in [0.1, 0.15) is 5.78 Å². The molecular weight excluding hydrogens is 206 g/mol. The van der Waals surface area contributed by atoms with E-state index in [1.165, 1.54) is 0 Å². The Morgan fingerprint density at radius 2 is 2.07 bits per heavy atom. The maximum absolute atomic E-state index is 11.7. The fraction of sp³-hybridized carbons (Fsp3) is 0.333. The van der Waals surface area contributed by atoms with Gasteiger partial charge in [0.15, 0.2) is 0 Å². The van der Waals surface area contributed by atoms with E-state index in [9.17, 15) is 4.79 Å². The van der Waals surface area contributed by atoms with Crippen molar-refractivity contribution in [3.05, 3.63) is 35.4 Å². The van der Waals surface area contributed by atoms with Crippen LogP contribution in [0.25, 0.3) is 0 Å². The molecule has 0 unspecified atom stereocenters. The summed E-state index contributed by atoms with van der Waals surface area (Å²) in [7, 11) is 0. The van der Waals surface area contributed by atoms with Crippen LogP contribution in [0.5, 0.6) is 0 Å². The Hall–Kier alpha value is -1.27. The molecule has 2 rings (SSSR count). The van der Waals surface area contributed by atoms with Crippen molar-refractivity contribution >= 4 is 17.5 Å². The van der Waals surface area contributed by atoms with E-state index in [1.54, 1.807) is 12.1 Å². The largest absolute Gasteiger partial charge is 0.299 e. The lowest BCUT2D eigenvalue weighted by atomic mass is 9.94. The normalized spacial score (nSPS) is 21.0. The lowest BCUT2D eigenvalue weighted by Gasteiger charge is -2.20. The predicted octanol–water partition coefficient (Wildman–Crippen LogP) is 2.35. The van der Waals surface area contributed by atoms with Gasteiger partial charge in [-0.25, -0.2) is 0 Å². The average molecular weight is 217 g/mol. The highest BCUT2D eigenvalue weighted by Gasteiger charge is 2.23. The summed E-state index contributed by atoms with van der Waals surface area (Å²) in [5, 5.41) is 8.67. The van der Waals surface area contributed by atoms with Crippen LogP contribution in [-0.2, 0) is 4.79 Å². The zero-order chi connectivity index (χ0) is 10.7. The van der Waals surface area contributed by atoms with Gasteiger partial charge in [-0.2, -0.15) is 17.0 Å². The third kappa shape index (κ3) is 2.21. The van der Waals surface area contributed by atoms with Crippen molar-refractivity contribution in [2.24, 2.45) is 0 Å². The van der Waals surface area contributed by atoms with Crippen molar-refractivity contribution in [1.82, 2.24) is 0 Å². The molecule has 1 heterocycles. The second kappa shape index (κ2) is 4.50. The Kier molecular flexibility index (Phi) is 3.08. The first-order chi connectivity index (χ1) is 7.31. The van der Waals surface area contributed by atoms with Crippen molar-refractivity contribution in [1.29, 1.82) is 5.26 Å². The molecule has 0 radical (unpaired) electrons. The SMILES string of the molecule is N#Cc1ccc([C@H]2CSCCC2=O)cc1. The van der Waals surface area contributed by atoms with Crippen molar-refractivity contribution < 1.29 is 4.79 Å². The Morgan fingerprint density at radius 3 is 2.67 bits per heavy atom. The minimum atomic E-state index is 0.0384. The van der Waals surface area contributed by atoms with E-state index < -0.39 is 0 Å². The van der Waals surface area contributed by atoms with Gasteiger partial charge in [0.25, 0.3) is 0 Å². The van der Waals surface area contributed by atoms with Crippen LogP contribution in [0, 0.1) is 11.3 Å². The van der Waals surface area contributed by atoms with Gasteiger partial charge in [0.05, 0.1) is 17.6 Å². The second-order valence-corrected chi connectivity index (χ2v) is 4.73. The number of rotatable bonds is 1. The molecular formula is C12H11NOS. The zero-order valence-electron chi connectivity index (χ0n) is 8.27. The lowest BCUT2D eigenvalue weighted by molar-refractivity contribution is -0.119. The van der Waals surface area contributed by atoms with E-state index in [0.717, 1.165) is 17.1 Å². The summed E-state index contributed by atoms with van der Waals surface area (Å²) in [6.07, 6.45) is 0.676. The summed E-state index contributed by atoms with van der Waals surface area (Å²) < 4.78 is 0. The number of benzene rings is 1. The highest BCUT2D eigenvalue weighted by atomic mass is 32.2. The van der Waals surface area contributed by atoms with E-state index >= 15 is 0 Å². The van der Waals surface area contributed by atoms with Crippen LogP contribution in [0.4, 0.5) is 0 Å². The standard InChI is InChI=1S/C12H11NOS/c13-7-9-1-3-10(4-2-9)11-8-15-6-5-12(11)14/h1-4,11H,5-6,8H2/t11-/m1/s1. The molecule has 0 amide bonds. The number of carbonyl (C=O) groups excluding carboxylic acids is 1. The Labute approximate surface area is 93.3 Å². The summed E-state index contributed by atoms with van der Waals surface area (Å²) in [6, 6.07) is 9.43. The smallest absolute Gasteiger partial charge is 0.141 e. The van der Waals surface area contributed by atoms with Gasteiger partial charge >= 0.3 is 0 Å². The second-order valence-electron chi connectivity index (χ2n) is 3.58. The first-order valence-electron chi connectivity index (χ1n) is 4.92. The Morgan fingerprint density at radius 1 is 1.33 bits per heavy atom. The van der Waals surface area contributed by atoms with Crippen LogP contribution in [0.3, 0.4) is 0 Å². The van der Waals surface area contributed by atoms with Crippen LogP contribution in [-0.4, -0.2) is 17.3 Å². The maximum Gasteiger partial charge on any atom is 0.141 e. The molecule has 0 aliphatic carbocycles. The van der Waals surface area contributed by atoms with Crippen molar-refractivity contribution in [2.45, 2.75) is 12.3 Å². The molecule has 0 spiro atoms. The molecule has 3 heteroatoms. The molecule has 0 N–H and O–H groups in total. The van der Waals surface area contributed by atoms with Gasteiger partial charge in [-0.05, 0) is 17.7 Å². The molecule has 0 saturated carbocycles. The monoisotopic (exact) mass is 217 g/mol. The average Bonchev–Trinajstić information content (AvgIpc) is 2.30. The van der Waals surface area contributed by atoms with Crippen LogP contribution >= 0.6 is 11.8 Å². The first-order valence-corrected chi connectivity index (χ1v) is 6.07. The number of Topliss-reactive ketones (excluding diaryl/α,β-unsaturated/α-hetero) is 1. The molecule has 76 valence electrons. The fourth-order valence-corrected chi connectivity index (χ4v) is 2.84. The molecule has 1 aromatic rings. The van der Waals surface area contributed by atoms with Crippen molar-refractivity contribution in [3.8, 4) is 6.07 Å². The summed E-state index contributed by atoms with van der Waals surface area (Å²) in [4.78, 5) is 11.7. The molecule has 2 nitrogen and oxygen atoms in total. The Bertz CT molecular complexity index is 405. The van der Waals surface area contributed by atoms with Gasteiger partial charge in [-0.15, -0.1) is 0 Å². The fourth-order valence-electron chi connectivity index (χ4n) is 1.71. The third-order valence-electron chi connectivity index (χ3n) is 2.61. The molecule has 1 atom stereocenters. The quantitative estimate of drug-likeness (QED) is 0.725. The minimum absolute atomic E-state index is 0.0384. The van der Waals surface area contributed by atoms with E-state index in [4.69, 9.17) is 5.26 Å². The first kappa shape index (κ1) is 10.3. The number of nitriles is 1. The molecule has 0 aromatic heterocycles. The number of hydrogen-bond acceptors (Lipinski definition) is 3. The molecule has 1 aromatic carbocycles. The molecule has 1 saturated heterocycles.